The molecule has 0 N–H and O–H groups in total. The second-order valence-corrected chi connectivity index (χ2v) is 5.62. The third-order valence-electron chi connectivity index (χ3n) is 4.21. The van der Waals surface area contributed by atoms with Crippen LogP contribution in [0.5, 0.6) is 11.6 Å². The van der Waals surface area contributed by atoms with E-state index >= 15 is 0 Å². The summed E-state index contributed by atoms with van der Waals surface area (Å²) < 4.78 is 12.2. The summed E-state index contributed by atoms with van der Waals surface area (Å²) >= 11 is 0. The molecule has 3 aromatic rings. The molecule has 0 saturated carbocycles. The number of fused-ring (bicyclic) bond motifs is 2. The van der Waals surface area contributed by atoms with Crippen LogP contribution in [0.1, 0.15) is 13.8 Å². The lowest BCUT2D eigenvalue weighted by Crippen LogP contribution is -2.28. The molecular formula is C18H22N4O3. The molecule has 0 bridgehead atoms. The summed E-state index contributed by atoms with van der Waals surface area (Å²) in [7, 11) is 1.58. The van der Waals surface area contributed by atoms with E-state index in [1.165, 1.54) is 4.52 Å². The van der Waals surface area contributed by atoms with Gasteiger partial charge in [0.1, 0.15) is 12.4 Å². The molecule has 0 aliphatic rings. The number of aromatic nitrogens is 3. The van der Waals surface area contributed by atoms with Crippen LogP contribution < -0.4 is 15.0 Å². The Morgan fingerprint density at radius 1 is 1.16 bits per heavy atom. The zero-order valence-electron chi connectivity index (χ0n) is 14.7. The Bertz CT molecular complexity index is 935. The summed E-state index contributed by atoms with van der Waals surface area (Å²) in [6.45, 7) is 7.52. The van der Waals surface area contributed by atoms with Crippen molar-refractivity contribution in [1.29, 1.82) is 0 Å². The van der Waals surface area contributed by atoms with Crippen molar-refractivity contribution in [2.75, 3.05) is 33.4 Å². The molecule has 1 aromatic carbocycles. The second-order valence-electron chi connectivity index (χ2n) is 5.62. The lowest BCUT2D eigenvalue weighted by atomic mass is 10.2. The van der Waals surface area contributed by atoms with Gasteiger partial charge in [-0.05, 0) is 31.3 Å². The second kappa shape index (κ2) is 7.48. The highest BCUT2D eigenvalue weighted by Crippen LogP contribution is 2.17. The number of likely N-dealkylation sites (N-methyl/N-ethyl adjacent to an activating group) is 1. The largest absolute Gasteiger partial charge is 0.497 e. The van der Waals surface area contributed by atoms with Crippen LogP contribution in [0, 0.1) is 0 Å². The molecule has 0 amide bonds. The maximum absolute atomic E-state index is 12.7. The predicted octanol–water partition coefficient (Wildman–Crippen LogP) is 1.97. The number of nitrogens with zero attached hydrogens (tertiary/aromatic N) is 4. The average molecular weight is 342 g/mol. The Labute approximate surface area is 145 Å². The molecule has 7 heteroatoms. The highest BCUT2D eigenvalue weighted by Gasteiger charge is 2.09. The van der Waals surface area contributed by atoms with Crippen LogP contribution in [-0.4, -0.2) is 52.8 Å². The minimum Gasteiger partial charge on any atom is -0.497 e. The number of methoxy groups -OCH3 is 1. The van der Waals surface area contributed by atoms with Crippen LogP contribution >= 0.6 is 0 Å². The van der Waals surface area contributed by atoms with Crippen molar-refractivity contribution in [3.05, 3.63) is 40.7 Å². The van der Waals surface area contributed by atoms with Crippen LogP contribution in [0.25, 0.3) is 16.6 Å². The molecule has 7 nitrogen and oxygen atoms in total. The monoisotopic (exact) mass is 342 g/mol. The van der Waals surface area contributed by atoms with Crippen LogP contribution in [0.15, 0.2) is 35.1 Å². The van der Waals surface area contributed by atoms with Gasteiger partial charge in [-0.1, -0.05) is 13.8 Å². The van der Waals surface area contributed by atoms with E-state index in [-0.39, 0.29) is 5.56 Å². The topological polar surface area (TPSA) is 69.0 Å². The van der Waals surface area contributed by atoms with Gasteiger partial charge in [0.15, 0.2) is 5.65 Å². The third-order valence-corrected chi connectivity index (χ3v) is 4.21. The van der Waals surface area contributed by atoms with E-state index in [1.54, 1.807) is 37.4 Å². The van der Waals surface area contributed by atoms with E-state index in [9.17, 15) is 4.79 Å². The van der Waals surface area contributed by atoms with Gasteiger partial charge in [0.05, 0.1) is 18.0 Å². The van der Waals surface area contributed by atoms with Crippen LogP contribution in [0.3, 0.4) is 0 Å². The molecule has 0 spiro atoms. The van der Waals surface area contributed by atoms with Crippen molar-refractivity contribution in [1.82, 2.24) is 19.5 Å². The Morgan fingerprint density at radius 2 is 1.96 bits per heavy atom. The number of hydrogen-bond donors (Lipinski definition) is 0. The highest BCUT2D eigenvalue weighted by atomic mass is 16.5. The minimum atomic E-state index is -0.225. The number of hydrogen-bond acceptors (Lipinski definition) is 6. The Morgan fingerprint density at radius 3 is 2.68 bits per heavy atom. The number of benzene rings is 1. The van der Waals surface area contributed by atoms with Gasteiger partial charge in [-0.3, -0.25) is 4.79 Å². The van der Waals surface area contributed by atoms with Crippen molar-refractivity contribution in [2.24, 2.45) is 0 Å². The summed E-state index contributed by atoms with van der Waals surface area (Å²) in [5.74, 6) is 1.07. The van der Waals surface area contributed by atoms with Crippen molar-refractivity contribution < 1.29 is 9.47 Å². The molecule has 0 aliphatic carbocycles. The first-order valence-electron chi connectivity index (χ1n) is 8.39. The molecule has 0 aliphatic heterocycles. The third kappa shape index (κ3) is 3.56. The van der Waals surface area contributed by atoms with Crippen molar-refractivity contribution in [3.63, 3.8) is 0 Å². The Kier molecular flexibility index (Phi) is 5.14. The molecular weight excluding hydrogens is 320 g/mol. The smallest absolute Gasteiger partial charge is 0.282 e. The van der Waals surface area contributed by atoms with E-state index in [2.05, 4.69) is 28.8 Å². The number of ether oxygens (including phenoxy) is 2. The normalized spacial score (nSPS) is 11.4. The van der Waals surface area contributed by atoms with Crippen LogP contribution in [0.4, 0.5) is 0 Å². The molecule has 0 radical (unpaired) electrons. The van der Waals surface area contributed by atoms with E-state index in [0.29, 0.717) is 34.8 Å². The molecule has 132 valence electrons. The van der Waals surface area contributed by atoms with E-state index < -0.39 is 0 Å². The maximum atomic E-state index is 12.7. The van der Waals surface area contributed by atoms with Gasteiger partial charge in [0.25, 0.3) is 5.56 Å². The number of rotatable bonds is 7. The van der Waals surface area contributed by atoms with E-state index in [4.69, 9.17) is 9.47 Å². The average Bonchev–Trinajstić information content (AvgIpc) is 2.65. The first-order valence-corrected chi connectivity index (χ1v) is 8.39. The van der Waals surface area contributed by atoms with Crippen molar-refractivity contribution in [3.8, 4) is 11.6 Å². The summed E-state index contributed by atoms with van der Waals surface area (Å²) in [5.41, 5.74) is 0.833. The quantitative estimate of drug-likeness (QED) is 0.612. The van der Waals surface area contributed by atoms with Gasteiger partial charge in [-0.15, -0.1) is 5.10 Å². The van der Waals surface area contributed by atoms with Crippen molar-refractivity contribution in [2.45, 2.75) is 13.8 Å². The zero-order valence-corrected chi connectivity index (χ0v) is 14.7. The Balaban J connectivity index is 1.90. The molecule has 25 heavy (non-hydrogen) atoms. The predicted molar refractivity (Wildman–Crippen MR) is 96.6 cm³/mol. The van der Waals surface area contributed by atoms with Gasteiger partial charge in [0, 0.05) is 18.7 Å². The Hall–Kier alpha value is -2.67. The summed E-state index contributed by atoms with van der Waals surface area (Å²) in [6.07, 6.45) is 0. The van der Waals surface area contributed by atoms with Gasteiger partial charge in [-0.2, -0.15) is 4.52 Å². The lowest BCUT2D eigenvalue weighted by molar-refractivity contribution is 0.216. The van der Waals surface area contributed by atoms with Crippen LogP contribution in [0.2, 0.25) is 0 Å². The summed E-state index contributed by atoms with van der Waals surface area (Å²) in [5, 5.41) is 4.78. The van der Waals surface area contributed by atoms with Crippen molar-refractivity contribution >= 4 is 16.6 Å². The molecule has 0 fully saturated rings. The first kappa shape index (κ1) is 17.2. The van der Waals surface area contributed by atoms with Gasteiger partial charge < -0.3 is 14.4 Å². The van der Waals surface area contributed by atoms with Gasteiger partial charge in [0.2, 0.25) is 5.88 Å². The molecule has 0 unspecified atom stereocenters. The van der Waals surface area contributed by atoms with Gasteiger partial charge in [-0.25, -0.2) is 4.98 Å². The minimum absolute atomic E-state index is 0.225. The molecule has 2 heterocycles. The molecule has 2 aromatic heterocycles. The summed E-state index contributed by atoms with van der Waals surface area (Å²) in [6, 6.07) is 8.65. The standard InChI is InChI=1S/C18H22N4O3/c1-4-21(5-2)10-11-25-17-9-8-16-19-15-12-13(24-3)6-7-14(15)18(23)22(16)20-17/h6-9,12H,4-5,10-11H2,1-3H3. The molecule has 3 rings (SSSR count). The van der Waals surface area contributed by atoms with Crippen LogP contribution in [-0.2, 0) is 0 Å². The highest BCUT2D eigenvalue weighted by molar-refractivity contribution is 5.80. The van der Waals surface area contributed by atoms with Gasteiger partial charge >= 0.3 is 0 Å². The maximum Gasteiger partial charge on any atom is 0.282 e. The zero-order chi connectivity index (χ0) is 17.8. The summed E-state index contributed by atoms with van der Waals surface area (Å²) in [4.78, 5) is 19.4. The fraction of sp³-hybridized carbons (Fsp3) is 0.389. The fourth-order valence-electron chi connectivity index (χ4n) is 2.68. The lowest BCUT2D eigenvalue weighted by Gasteiger charge is -2.17. The first-order chi connectivity index (χ1) is 12.2. The van der Waals surface area contributed by atoms with E-state index in [1.807, 2.05) is 0 Å². The SMILES string of the molecule is CCN(CC)CCOc1ccc2nc3cc(OC)ccc3c(=O)n2n1. The van der Waals surface area contributed by atoms with E-state index in [0.717, 1.165) is 19.6 Å². The fourth-order valence-corrected chi connectivity index (χ4v) is 2.68. The molecule has 0 saturated heterocycles. The molecule has 0 atom stereocenters.